The molecule has 3 rings (SSSR count). The second kappa shape index (κ2) is 10.5. The van der Waals surface area contributed by atoms with Gasteiger partial charge in [0.15, 0.2) is 5.60 Å². The standard InChI is InChI=1S/C24H23F3O8/c25-24(26,27)16-6-1-15(2-7-16)13-34-23(22(32)33)11-18(29)21(31)19(12-23)35-20(30)10-5-14-3-8-17(28)9-4-14/h1-10,18-19,21,28-29,31H,11-13H2,(H,32,33)/b10-5+/t18-,19+,21+,23-/m0/s1. The van der Waals surface area contributed by atoms with Crippen LogP contribution in [0.15, 0.2) is 54.6 Å². The quantitative estimate of drug-likeness (QED) is 0.340. The van der Waals surface area contributed by atoms with E-state index in [9.17, 15) is 43.2 Å². The molecule has 4 atom stereocenters. The van der Waals surface area contributed by atoms with Crippen molar-refractivity contribution >= 4 is 18.0 Å². The van der Waals surface area contributed by atoms with E-state index in [1.165, 1.54) is 30.3 Å². The number of hydrogen-bond acceptors (Lipinski definition) is 7. The molecule has 0 unspecified atom stereocenters. The fraction of sp³-hybridized carbons (Fsp3) is 0.333. The summed E-state index contributed by atoms with van der Waals surface area (Å²) in [5.74, 6) is -2.38. The number of aromatic hydroxyl groups is 1. The molecule has 0 spiro atoms. The number of carbonyl (C=O) groups excluding carboxylic acids is 1. The summed E-state index contributed by atoms with van der Waals surface area (Å²) in [5, 5.41) is 39.6. The molecule has 188 valence electrons. The molecule has 1 aliphatic rings. The third kappa shape index (κ3) is 6.59. The van der Waals surface area contributed by atoms with Gasteiger partial charge in [0.1, 0.15) is 18.0 Å². The highest BCUT2D eigenvalue weighted by molar-refractivity contribution is 5.87. The number of phenols is 1. The van der Waals surface area contributed by atoms with Gasteiger partial charge < -0.3 is 29.9 Å². The number of aliphatic hydroxyl groups is 2. The number of hydrogen-bond donors (Lipinski definition) is 4. The Morgan fingerprint density at radius 2 is 1.66 bits per heavy atom. The maximum absolute atomic E-state index is 12.7. The van der Waals surface area contributed by atoms with Crippen LogP contribution in [0.4, 0.5) is 13.2 Å². The molecule has 0 saturated heterocycles. The molecule has 0 aliphatic heterocycles. The molecule has 1 saturated carbocycles. The van der Waals surface area contributed by atoms with Crippen molar-refractivity contribution in [2.75, 3.05) is 0 Å². The van der Waals surface area contributed by atoms with Gasteiger partial charge in [0, 0.05) is 18.9 Å². The van der Waals surface area contributed by atoms with E-state index in [0.717, 1.165) is 30.3 Å². The Bertz CT molecular complexity index is 1070. The van der Waals surface area contributed by atoms with Crippen molar-refractivity contribution in [1.82, 2.24) is 0 Å². The average molecular weight is 496 g/mol. The highest BCUT2D eigenvalue weighted by Gasteiger charge is 2.52. The summed E-state index contributed by atoms with van der Waals surface area (Å²) in [6.45, 7) is -0.394. The molecule has 0 heterocycles. The number of esters is 1. The molecule has 1 fully saturated rings. The molecule has 2 aromatic rings. The lowest BCUT2D eigenvalue weighted by Gasteiger charge is -2.41. The summed E-state index contributed by atoms with van der Waals surface area (Å²) in [6, 6.07) is 9.80. The third-order valence-corrected chi connectivity index (χ3v) is 5.60. The van der Waals surface area contributed by atoms with Crippen LogP contribution in [0.25, 0.3) is 6.08 Å². The van der Waals surface area contributed by atoms with Crippen molar-refractivity contribution in [3.05, 3.63) is 71.3 Å². The fourth-order valence-corrected chi connectivity index (χ4v) is 3.65. The topological polar surface area (TPSA) is 134 Å². The number of carboxylic acid groups (broad SMARTS) is 1. The number of carbonyl (C=O) groups is 2. The van der Waals surface area contributed by atoms with Gasteiger partial charge in [-0.25, -0.2) is 9.59 Å². The minimum absolute atomic E-state index is 0.0327. The largest absolute Gasteiger partial charge is 0.508 e. The lowest BCUT2D eigenvalue weighted by atomic mass is 9.79. The van der Waals surface area contributed by atoms with Crippen LogP contribution in [0.2, 0.25) is 0 Å². The zero-order valence-corrected chi connectivity index (χ0v) is 18.2. The number of alkyl halides is 3. The van der Waals surface area contributed by atoms with Crippen LogP contribution < -0.4 is 0 Å². The predicted molar refractivity (Wildman–Crippen MR) is 115 cm³/mol. The van der Waals surface area contributed by atoms with Gasteiger partial charge >= 0.3 is 18.1 Å². The predicted octanol–water partition coefficient (Wildman–Crippen LogP) is 2.89. The number of aliphatic hydroxyl groups excluding tert-OH is 2. The Labute approximate surface area is 197 Å². The van der Waals surface area contributed by atoms with Gasteiger partial charge in [0.05, 0.1) is 18.3 Å². The average Bonchev–Trinajstić information content (AvgIpc) is 2.80. The van der Waals surface area contributed by atoms with Crippen LogP contribution in [0.3, 0.4) is 0 Å². The summed E-state index contributed by atoms with van der Waals surface area (Å²) in [4.78, 5) is 24.3. The van der Waals surface area contributed by atoms with E-state index in [2.05, 4.69) is 0 Å². The summed E-state index contributed by atoms with van der Waals surface area (Å²) in [6.07, 6.45) is -7.76. The van der Waals surface area contributed by atoms with Crippen LogP contribution in [-0.4, -0.2) is 56.3 Å². The molecular weight excluding hydrogens is 473 g/mol. The minimum atomic E-state index is -4.53. The molecule has 0 aromatic heterocycles. The van der Waals surface area contributed by atoms with Crippen LogP contribution in [0, 0.1) is 0 Å². The van der Waals surface area contributed by atoms with Gasteiger partial charge in [-0.1, -0.05) is 24.3 Å². The molecule has 35 heavy (non-hydrogen) atoms. The second-order valence-electron chi connectivity index (χ2n) is 8.15. The second-order valence-corrected chi connectivity index (χ2v) is 8.15. The number of aliphatic carboxylic acids is 1. The van der Waals surface area contributed by atoms with E-state index in [0.29, 0.717) is 5.56 Å². The SMILES string of the molecule is O=C(/C=C/c1ccc(O)cc1)O[C@@H]1C[C@](OCc2ccc(C(F)(F)F)cc2)(C(=O)O)C[C@H](O)[C@H]1O. The number of benzene rings is 2. The van der Waals surface area contributed by atoms with Gasteiger partial charge in [0.25, 0.3) is 0 Å². The molecular formula is C24H23F3O8. The Balaban J connectivity index is 1.70. The van der Waals surface area contributed by atoms with Crippen molar-refractivity contribution in [1.29, 1.82) is 0 Å². The first kappa shape index (κ1) is 26.2. The number of phenolic OH excluding ortho intramolecular Hbond substituents is 1. The number of halogens is 3. The van der Waals surface area contributed by atoms with Crippen LogP contribution >= 0.6 is 0 Å². The molecule has 8 nitrogen and oxygen atoms in total. The summed E-state index contributed by atoms with van der Waals surface area (Å²) < 4.78 is 48.9. The number of ether oxygens (including phenoxy) is 2. The summed E-state index contributed by atoms with van der Waals surface area (Å²) in [7, 11) is 0. The van der Waals surface area contributed by atoms with Gasteiger partial charge in [-0.2, -0.15) is 13.2 Å². The zero-order valence-electron chi connectivity index (χ0n) is 18.2. The third-order valence-electron chi connectivity index (χ3n) is 5.60. The van der Waals surface area contributed by atoms with E-state index in [1.807, 2.05) is 0 Å². The van der Waals surface area contributed by atoms with Crippen molar-refractivity contribution in [2.45, 2.75) is 49.5 Å². The zero-order chi connectivity index (χ0) is 25.8. The van der Waals surface area contributed by atoms with Crippen LogP contribution in [0.5, 0.6) is 5.75 Å². The fourth-order valence-electron chi connectivity index (χ4n) is 3.65. The molecule has 11 heteroatoms. The molecule has 1 aliphatic carbocycles. The Hall–Kier alpha value is -3.41. The Morgan fingerprint density at radius 1 is 1.03 bits per heavy atom. The van der Waals surface area contributed by atoms with Gasteiger partial charge in [-0.3, -0.25) is 0 Å². The minimum Gasteiger partial charge on any atom is -0.508 e. The summed E-state index contributed by atoms with van der Waals surface area (Å²) in [5.41, 5.74) is -2.13. The first-order valence-corrected chi connectivity index (χ1v) is 10.5. The maximum atomic E-state index is 12.7. The first-order chi connectivity index (χ1) is 16.4. The monoisotopic (exact) mass is 496 g/mol. The highest BCUT2D eigenvalue weighted by Crippen LogP contribution is 2.36. The molecule has 0 radical (unpaired) electrons. The Morgan fingerprint density at radius 3 is 2.23 bits per heavy atom. The van der Waals surface area contributed by atoms with Gasteiger partial charge in [0.2, 0.25) is 0 Å². The number of carboxylic acids is 1. The van der Waals surface area contributed by atoms with Crippen molar-refractivity contribution in [2.24, 2.45) is 0 Å². The lowest BCUT2D eigenvalue weighted by Crippen LogP contribution is -2.58. The van der Waals surface area contributed by atoms with E-state index >= 15 is 0 Å². The first-order valence-electron chi connectivity index (χ1n) is 10.5. The molecule has 2 aromatic carbocycles. The van der Waals surface area contributed by atoms with Gasteiger partial charge in [-0.05, 0) is 41.5 Å². The smallest absolute Gasteiger partial charge is 0.416 e. The maximum Gasteiger partial charge on any atom is 0.416 e. The molecule has 0 bridgehead atoms. The number of rotatable bonds is 7. The van der Waals surface area contributed by atoms with E-state index in [-0.39, 0.29) is 11.3 Å². The normalized spacial score (nSPS) is 24.9. The van der Waals surface area contributed by atoms with Crippen LogP contribution in [0.1, 0.15) is 29.5 Å². The van der Waals surface area contributed by atoms with Crippen molar-refractivity contribution in [3.63, 3.8) is 0 Å². The summed E-state index contributed by atoms with van der Waals surface area (Å²) >= 11 is 0. The molecule has 4 N–H and O–H groups in total. The highest BCUT2D eigenvalue weighted by atomic mass is 19.4. The van der Waals surface area contributed by atoms with E-state index < -0.39 is 67.0 Å². The molecule has 0 amide bonds. The van der Waals surface area contributed by atoms with Crippen LogP contribution in [-0.2, 0) is 31.8 Å². The van der Waals surface area contributed by atoms with Gasteiger partial charge in [-0.15, -0.1) is 0 Å². The van der Waals surface area contributed by atoms with E-state index in [4.69, 9.17) is 9.47 Å². The van der Waals surface area contributed by atoms with Crippen molar-refractivity contribution in [3.8, 4) is 5.75 Å². The van der Waals surface area contributed by atoms with E-state index in [1.54, 1.807) is 0 Å². The Kier molecular flexibility index (Phi) is 7.83. The lowest BCUT2D eigenvalue weighted by molar-refractivity contribution is -0.209. The van der Waals surface area contributed by atoms with Crippen molar-refractivity contribution < 1.29 is 52.7 Å².